The van der Waals surface area contributed by atoms with Crippen molar-refractivity contribution in [2.75, 3.05) is 5.73 Å². The topological polar surface area (TPSA) is 106 Å². The van der Waals surface area contributed by atoms with Gasteiger partial charge < -0.3 is 10.7 Å². The highest BCUT2D eigenvalue weighted by Crippen LogP contribution is 2.37. The van der Waals surface area contributed by atoms with Crippen molar-refractivity contribution in [2.24, 2.45) is 0 Å². The second-order valence-corrected chi connectivity index (χ2v) is 5.57. The lowest BCUT2D eigenvalue weighted by Gasteiger charge is -2.13. The maximum Gasteiger partial charge on any atom is 0.417 e. The van der Waals surface area contributed by atoms with Gasteiger partial charge in [0.15, 0.2) is 0 Å². The number of aromatic amines is 1. The van der Waals surface area contributed by atoms with E-state index in [4.69, 9.17) is 11.0 Å². The van der Waals surface area contributed by atoms with Gasteiger partial charge in [0.25, 0.3) is 5.56 Å². The van der Waals surface area contributed by atoms with Crippen molar-refractivity contribution in [3.8, 4) is 23.3 Å². The largest absolute Gasteiger partial charge is 0.417 e. The predicted molar refractivity (Wildman–Crippen MR) is 84.1 cm³/mol. The number of anilines is 1. The molecule has 5 nitrogen and oxygen atoms in total. The quantitative estimate of drug-likeness (QED) is 0.679. The van der Waals surface area contributed by atoms with E-state index in [0.717, 1.165) is 6.07 Å². The summed E-state index contributed by atoms with van der Waals surface area (Å²) in [6.45, 7) is 0. The van der Waals surface area contributed by atoms with Crippen molar-refractivity contribution < 1.29 is 13.2 Å². The van der Waals surface area contributed by atoms with Crippen LogP contribution in [0.2, 0.25) is 0 Å². The molecule has 0 aliphatic carbocycles. The molecule has 0 bridgehead atoms. The van der Waals surface area contributed by atoms with Gasteiger partial charge in [-0.2, -0.15) is 23.7 Å². The third-order valence-corrected chi connectivity index (χ3v) is 3.97. The van der Waals surface area contributed by atoms with Crippen LogP contribution in [0.25, 0.3) is 11.1 Å². The van der Waals surface area contributed by atoms with Gasteiger partial charge in [0.1, 0.15) is 29.1 Å². The zero-order chi connectivity index (χ0) is 17.4. The summed E-state index contributed by atoms with van der Waals surface area (Å²) in [5.74, 6) is -0.307. The molecular weight excluding hydrogens is 424 g/mol. The molecule has 0 fully saturated rings. The SMILES string of the molecule is N#Cc1c(N)[nH]c(=O)c(C#N)c1-c1ccc(I)c(C(F)(F)F)c1. The number of hydrogen-bond acceptors (Lipinski definition) is 4. The van der Waals surface area contributed by atoms with Gasteiger partial charge in [-0.25, -0.2) is 0 Å². The number of nitrogens with two attached hydrogens (primary N) is 1. The molecule has 1 aromatic heterocycles. The number of nitrogens with zero attached hydrogens (tertiary/aromatic N) is 2. The molecule has 2 aromatic rings. The summed E-state index contributed by atoms with van der Waals surface area (Å²) in [4.78, 5) is 13.9. The third kappa shape index (κ3) is 3.00. The number of rotatable bonds is 1. The Morgan fingerprint density at radius 3 is 2.30 bits per heavy atom. The van der Waals surface area contributed by atoms with Crippen LogP contribution in [0.5, 0.6) is 0 Å². The number of benzene rings is 1. The number of aromatic nitrogens is 1. The van der Waals surface area contributed by atoms with E-state index in [1.54, 1.807) is 12.1 Å². The second-order valence-electron chi connectivity index (χ2n) is 4.41. The number of halogens is 4. The molecule has 116 valence electrons. The van der Waals surface area contributed by atoms with E-state index in [9.17, 15) is 23.2 Å². The third-order valence-electron chi connectivity index (χ3n) is 3.03. The molecule has 23 heavy (non-hydrogen) atoms. The fraction of sp³-hybridized carbons (Fsp3) is 0.0714. The van der Waals surface area contributed by atoms with Gasteiger partial charge in [-0.15, -0.1) is 0 Å². The van der Waals surface area contributed by atoms with E-state index < -0.39 is 22.9 Å². The van der Waals surface area contributed by atoms with Crippen molar-refractivity contribution in [3.05, 3.63) is 48.8 Å². The first kappa shape index (κ1) is 16.8. The molecule has 1 aromatic carbocycles. The maximum absolute atomic E-state index is 13.0. The van der Waals surface area contributed by atoms with Crippen molar-refractivity contribution >= 4 is 28.4 Å². The average molecular weight is 430 g/mol. The lowest BCUT2D eigenvalue weighted by Crippen LogP contribution is -2.16. The predicted octanol–water partition coefficient (Wildman–Crippen LogP) is 2.99. The number of alkyl halides is 3. The first-order valence-electron chi connectivity index (χ1n) is 5.93. The van der Waals surface area contributed by atoms with E-state index in [0.29, 0.717) is 0 Å². The second kappa shape index (κ2) is 5.93. The van der Waals surface area contributed by atoms with Crippen LogP contribution in [0.1, 0.15) is 16.7 Å². The molecule has 0 radical (unpaired) electrons. The Bertz CT molecular complexity index is 935. The Balaban J connectivity index is 2.91. The van der Waals surface area contributed by atoms with Gasteiger partial charge in [-0.05, 0) is 40.3 Å². The zero-order valence-electron chi connectivity index (χ0n) is 11.1. The van der Waals surface area contributed by atoms with Crippen LogP contribution < -0.4 is 11.3 Å². The van der Waals surface area contributed by atoms with E-state index in [-0.39, 0.29) is 26.1 Å². The molecule has 9 heteroatoms. The highest BCUT2D eigenvalue weighted by atomic mass is 127. The van der Waals surface area contributed by atoms with Gasteiger partial charge in [0.2, 0.25) is 0 Å². The molecule has 3 N–H and O–H groups in total. The van der Waals surface area contributed by atoms with Crippen LogP contribution in [-0.2, 0) is 6.18 Å². The van der Waals surface area contributed by atoms with Gasteiger partial charge in [0, 0.05) is 9.13 Å². The van der Waals surface area contributed by atoms with Crippen molar-refractivity contribution in [2.45, 2.75) is 6.18 Å². The van der Waals surface area contributed by atoms with Gasteiger partial charge in [-0.3, -0.25) is 4.79 Å². The minimum Gasteiger partial charge on any atom is -0.384 e. The maximum atomic E-state index is 13.0. The highest BCUT2D eigenvalue weighted by molar-refractivity contribution is 14.1. The summed E-state index contributed by atoms with van der Waals surface area (Å²) in [6.07, 6.45) is -4.61. The number of hydrogen-bond donors (Lipinski definition) is 2. The minimum atomic E-state index is -4.61. The molecule has 0 atom stereocenters. The van der Waals surface area contributed by atoms with Crippen LogP contribution in [-0.4, -0.2) is 4.98 Å². The summed E-state index contributed by atoms with van der Waals surface area (Å²) in [5, 5.41) is 18.3. The molecule has 0 saturated heterocycles. The smallest absolute Gasteiger partial charge is 0.384 e. The molecule has 0 aliphatic rings. The molecule has 0 aliphatic heterocycles. The monoisotopic (exact) mass is 430 g/mol. The van der Waals surface area contributed by atoms with Crippen LogP contribution in [0, 0.1) is 26.2 Å². The fourth-order valence-corrected chi connectivity index (χ4v) is 2.67. The fourth-order valence-electron chi connectivity index (χ4n) is 2.03. The van der Waals surface area contributed by atoms with E-state index in [2.05, 4.69) is 4.98 Å². The summed E-state index contributed by atoms with van der Waals surface area (Å²) < 4.78 is 39.1. The van der Waals surface area contributed by atoms with E-state index in [1.807, 2.05) is 0 Å². The molecule has 1 heterocycles. The Labute approximate surface area is 141 Å². The Morgan fingerprint density at radius 1 is 1.17 bits per heavy atom. The molecule has 0 amide bonds. The lowest BCUT2D eigenvalue weighted by molar-refractivity contribution is -0.138. The van der Waals surface area contributed by atoms with Crippen molar-refractivity contribution in [3.63, 3.8) is 0 Å². The molecular formula is C14H6F3IN4O. The summed E-state index contributed by atoms with van der Waals surface area (Å²) in [5.41, 5.74) is 2.73. The van der Waals surface area contributed by atoms with Crippen LogP contribution in [0.4, 0.5) is 19.0 Å². The lowest BCUT2D eigenvalue weighted by atomic mass is 9.95. The average Bonchev–Trinajstić information content (AvgIpc) is 2.46. The van der Waals surface area contributed by atoms with E-state index >= 15 is 0 Å². The number of nitriles is 2. The molecule has 2 rings (SSSR count). The number of pyridine rings is 1. The standard InChI is InChI=1S/C14H6F3IN4O/c15-14(16,17)9-3-6(1-2-10(9)18)11-7(4-19)12(21)22-13(23)8(11)5-20/h1-3H,(H3,21,22,23). The summed E-state index contributed by atoms with van der Waals surface area (Å²) >= 11 is 1.53. The first-order valence-corrected chi connectivity index (χ1v) is 7.01. The van der Waals surface area contributed by atoms with Crippen LogP contribution in [0.15, 0.2) is 23.0 Å². The normalized spacial score (nSPS) is 10.9. The highest BCUT2D eigenvalue weighted by Gasteiger charge is 2.33. The minimum absolute atomic E-state index is 0.0475. The van der Waals surface area contributed by atoms with Gasteiger partial charge in [0.05, 0.1) is 5.56 Å². The summed E-state index contributed by atoms with van der Waals surface area (Å²) in [7, 11) is 0. The number of nitrogen functional groups attached to an aromatic ring is 1. The Kier molecular flexibility index (Phi) is 4.34. The Morgan fingerprint density at radius 2 is 1.78 bits per heavy atom. The summed E-state index contributed by atoms with van der Waals surface area (Å²) in [6, 6.07) is 6.59. The van der Waals surface area contributed by atoms with E-state index in [1.165, 1.54) is 34.7 Å². The van der Waals surface area contributed by atoms with Gasteiger partial charge >= 0.3 is 6.18 Å². The molecule has 0 spiro atoms. The molecule has 0 unspecified atom stereocenters. The van der Waals surface area contributed by atoms with Gasteiger partial charge in [-0.1, -0.05) is 6.07 Å². The van der Waals surface area contributed by atoms with Crippen molar-refractivity contribution in [1.82, 2.24) is 4.98 Å². The van der Waals surface area contributed by atoms with Crippen LogP contribution >= 0.6 is 22.6 Å². The van der Waals surface area contributed by atoms with Crippen molar-refractivity contribution in [1.29, 1.82) is 10.5 Å². The number of H-pyrrole nitrogens is 1. The first-order chi connectivity index (χ1) is 10.7. The Hall–Kier alpha value is -2.53. The molecule has 0 saturated carbocycles. The van der Waals surface area contributed by atoms with Crippen LogP contribution in [0.3, 0.4) is 0 Å². The number of nitrogens with one attached hydrogen (secondary N) is 1. The zero-order valence-corrected chi connectivity index (χ0v) is 13.3.